The van der Waals surface area contributed by atoms with Crippen molar-refractivity contribution < 1.29 is 73.9 Å². The fourth-order valence-corrected chi connectivity index (χ4v) is 1.56. The number of hydrogen-bond donors (Lipinski definition) is 0. The van der Waals surface area contributed by atoms with Crippen molar-refractivity contribution in [3.8, 4) is 0 Å². The van der Waals surface area contributed by atoms with E-state index in [0.717, 1.165) is 6.08 Å². The van der Waals surface area contributed by atoms with Crippen molar-refractivity contribution >= 4 is 12.9 Å². The first kappa shape index (κ1) is 15.7. The van der Waals surface area contributed by atoms with Gasteiger partial charge in [-0.1, -0.05) is 18.3 Å². The van der Waals surface area contributed by atoms with Gasteiger partial charge in [0, 0.05) is 0 Å². The van der Waals surface area contributed by atoms with Crippen molar-refractivity contribution in [2.45, 2.75) is 18.7 Å². The Kier molecular flexibility index (Phi) is 6.74. The zero-order chi connectivity index (χ0) is 10.8. The zero-order valence-corrected chi connectivity index (χ0v) is 11.9. The number of methoxy groups -OCH3 is 1. The van der Waals surface area contributed by atoms with Gasteiger partial charge in [-0.2, -0.15) is 0 Å². The van der Waals surface area contributed by atoms with E-state index < -0.39 is 24.7 Å². The van der Waals surface area contributed by atoms with Crippen LogP contribution in [0.5, 0.6) is 0 Å². The quantitative estimate of drug-likeness (QED) is 0.367. The number of hydrogen-bond acceptors (Lipinski definition) is 2. The van der Waals surface area contributed by atoms with E-state index in [1.54, 1.807) is 0 Å². The second kappa shape index (κ2) is 6.44. The van der Waals surface area contributed by atoms with Gasteiger partial charge in [0.1, 0.15) is 0 Å². The SMILES string of the molecule is COC(=O)[C@H]1CC=C[C@H]([B-](F)(F)F)C1.[K+]. The number of rotatable bonds is 2. The van der Waals surface area contributed by atoms with Gasteiger partial charge in [-0.25, -0.2) is 0 Å². The predicted octanol–water partition coefficient (Wildman–Crippen LogP) is -0.653. The van der Waals surface area contributed by atoms with E-state index in [4.69, 9.17) is 0 Å². The van der Waals surface area contributed by atoms with Gasteiger partial charge in [-0.3, -0.25) is 4.79 Å². The fraction of sp³-hybridized carbons (Fsp3) is 0.625. The molecule has 7 heteroatoms. The number of carbonyl (C=O) groups excluding carboxylic acids is 1. The van der Waals surface area contributed by atoms with E-state index in [0.29, 0.717) is 6.42 Å². The van der Waals surface area contributed by atoms with Gasteiger partial charge < -0.3 is 17.7 Å². The minimum Gasteiger partial charge on any atom is -0.469 e. The molecule has 80 valence electrons. The maximum Gasteiger partial charge on any atom is 1.00 e. The topological polar surface area (TPSA) is 26.3 Å². The number of allylic oxidation sites excluding steroid dienone is 2. The second-order valence-electron chi connectivity index (χ2n) is 3.41. The van der Waals surface area contributed by atoms with Crippen molar-refractivity contribution in [3.05, 3.63) is 12.2 Å². The molecule has 0 bridgehead atoms. The van der Waals surface area contributed by atoms with Gasteiger partial charge >= 0.3 is 64.3 Å². The molecule has 0 unspecified atom stereocenters. The molecular weight excluding hydrogens is 235 g/mol. The minimum absolute atomic E-state index is 0. The Morgan fingerprint density at radius 3 is 2.53 bits per heavy atom. The van der Waals surface area contributed by atoms with Crippen LogP contribution in [0.3, 0.4) is 0 Å². The molecule has 0 radical (unpaired) electrons. The van der Waals surface area contributed by atoms with Gasteiger partial charge in [0.05, 0.1) is 13.0 Å². The monoisotopic (exact) mass is 246 g/mol. The maximum atomic E-state index is 12.3. The summed E-state index contributed by atoms with van der Waals surface area (Å²) in [7, 11) is 1.19. The van der Waals surface area contributed by atoms with Crippen LogP contribution in [-0.4, -0.2) is 20.1 Å². The van der Waals surface area contributed by atoms with Gasteiger partial charge in [0.25, 0.3) is 0 Å². The fourth-order valence-electron chi connectivity index (χ4n) is 1.56. The summed E-state index contributed by atoms with van der Waals surface area (Å²) in [6, 6.07) is 0. The van der Waals surface area contributed by atoms with Crippen LogP contribution >= 0.6 is 0 Å². The summed E-state index contributed by atoms with van der Waals surface area (Å²) in [5, 5.41) is 0. The van der Waals surface area contributed by atoms with Crippen LogP contribution in [0.15, 0.2) is 12.2 Å². The standard InChI is InChI=1S/C8H11BF3O2.K/c1-14-8(13)6-3-2-4-7(5-6)9(10,11)12;/h2,4,6-7H,3,5H2,1H3;/q-1;+1/t6-,7-;/m0./s1. The molecule has 0 saturated carbocycles. The van der Waals surface area contributed by atoms with Crippen LogP contribution in [0.4, 0.5) is 12.9 Å². The van der Waals surface area contributed by atoms with Crippen LogP contribution in [0.1, 0.15) is 12.8 Å². The Bertz CT molecular complexity index is 255. The van der Waals surface area contributed by atoms with Crippen LogP contribution in [0.25, 0.3) is 0 Å². The molecule has 0 aromatic heterocycles. The van der Waals surface area contributed by atoms with E-state index in [9.17, 15) is 17.7 Å². The molecule has 0 aromatic rings. The van der Waals surface area contributed by atoms with E-state index in [1.165, 1.54) is 13.2 Å². The smallest absolute Gasteiger partial charge is 0.469 e. The summed E-state index contributed by atoms with van der Waals surface area (Å²) in [5.74, 6) is -2.65. The molecule has 0 spiro atoms. The Morgan fingerprint density at radius 2 is 2.07 bits per heavy atom. The first-order valence-electron chi connectivity index (χ1n) is 4.39. The van der Waals surface area contributed by atoms with Crippen molar-refractivity contribution in [2.75, 3.05) is 7.11 Å². The predicted molar refractivity (Wildman–Crippen MR) is 46.7 cm³/mol. The van der Waals surface area contributed by atoms with Crippen LogP contribution in [0, 0.1) is 5.92 Å². The molecule has 0 fully saturated rings. The Labute approximate surface area is 129 Å². The molecule has 0 heterocycles. The molecular formula is C8H11BF3KO2. The molecule has 15 heavy (non-hydrogen) atoms. The number of esters is 1. The van der Waals surface area contributed by atoms with Gasteiger partial charge in [-0.15, -0.1) is 6.08 Å². The van der Waals surface area contributed by atoms with E-state index in [-0.39, 0.29) is 57.8 Å². The average Bonchev–Trinajstić information content (AvgIpc) is 2.15. The summed E-state index contributed by atoms with van der Waals surface area (Å²) < 4.78 is 41.4. The summed E-state index contributed by atoms with van der Waals surface area (Å²) in [6.07, 6.45) is 2.71. The molecule has 2 atom stereocenters. The number of halogens is 3. The van der Waals surface area contributed by atoms with Gasteiger partial charge in [0.15, 0.2) is 0 Å². The Morgan fingerprint density at radius 1 is 1.47 bits per heavy atom. The first-order chi connectivity index (χ1) is 6.45. The summed E-state index contributed by atoms with van der Waals surface area (Å²) in [6.45, 7) is -4.89. The van der Waals surface area contributed by atoms with Crippen LogP contribution < -0.4 is 51.4 Å². The van der Waals surface area contributed by atoms with Crippen LogP contribution in [-0.2, 0) is 9.53 Å². The average molecular weight is 246 g/mol. The number of ether oxygens (including phenoxy) is 1. The second-order valence-corrected chi connectivity index (χ2v) is 3.41. The molecule has 0 saturated heterocycles. The molecule has 0 aliphatic heterocycles. The largest absolute Gasteiger partial charge is 1.00 e. The van der Waals surface area contributed by atoms with Gasteiger partial charge in [0.2, 0.25) is 0 Å². The number of carbonyl (C=O) groups is 1. The van der Waals surface area contributed by atoms with E-state index >= 15 is 0 Å². The van der Waals surface area contributed by atoms with Crippen molar-refractivity contribution in [1.29, 1.82) is 0 Å². The third-order valence-corrected chi connectivity index (χ3v) is 2.38. The zero-order valence-electron chi connectivity index (χ0n) is 8.75. The van der Waals surface area contributed by atoms with Crippen molar-refractivity contribution in [1.82, 2.24) is 0 Å². The molecule has 1 aliphatic rings. The third kappa shape index (κ3) is 4.60. The van der Waals surface area contributed by atoms with E-state index in [1.807, 2.05) is 0 Å². The normalized spacial score (nSPS) is 25.6. The minimum atomic E-state index is -4.89. The molecule has 0 N–H and O–H groups in total. The van der Waals surface area contributed by atoms with Crippen molar-refractivity contribution in [2.24, 2.45) is 5.92 Å². The summed E-state index contributed by atoms with van der Waals surface area (Å²) in [5.41, 5.74) is 0. The van der Waals surface area contributed by atoms with Gasteiger partial charge in [-0.05, 0) is 6.42 Å². The molecule has 0 aromatic carbocycles. The molecule has 1 aliphatic carbocycles. The Balaban J connectivity index is 0.00000196. The summed E-state index contributed by atoms with van der Waals surface area (Å²) in [4.78, 5) is 11.0. The van der Waals surface area contributed by atoms with Crippen LogP contribution in [0.2, 0.25) is 5.82 Å². The summed E-state index contributed by atoms with van der Waals surface area (Å²) >= 11 is 0. The first-order valence-corrected chi connectivity index (χ1v) is 4.39. The molecule has 2 nitrogen and oxygen atoms in total. The molecule has 0 amide bonds. The van der Waals surface area contributed by atoms with E-state index in [2.05, 4.69) is 4.74 Å². The molecule has 1 rings (SSSR count). The third-order valence-electron chi connectivity index (χ3n) is 2.38. The maximum absolute atomic E-state index is 12.3. The Hall–Kier alpha value is 0.701. The van der Waals surface area contributed by atoms with Crippen molar-refractivity contribution in [3.63, 3.8) is 0 Å².